The average Bonchev–Trinajstić information content (AvgIpc) is 3.66. The molecule has 0 atom stereocenters. The van der Waals surface area contributed by atoms with Gasteiger partial charge in [0.2, 0.25) is 0 Å². The Morgan fingerprint density at radius 3 is 1.92 bits per heavy atom. The summed E-state index contributed by atoms with van der Waals surface area (Å²) in [5.74, 6) is -0.731. The maximum Gasteiger partial charge on any atom is 0.268 e. The first kappa shape index (κ1) is 29.1. The van der Waals surface area contributed by atoms with Gasteiger partial charge >= 0.3 is 0 Å². The Morgan fingerprint density at radius 1 is 0.460 bits per heavy atom. The highest BCUT2D eigenvalue weighted by molar-refractivity contribution is 6.36. The number of amides is 2. The van der Waals surface area contributed by atoms with Crippen LogP contribution in [0.1, 0.15) is 20.7 Å². The molecular weight excluding hydrogens is 615 g/mol. The molecule has 0 spiro atoms. The van der Waals surface area contributed by atoms with Gasteiger partial charge in [-0.05, 0) is 58.7 Å². The highest BCUT2D eigenvalue weighted by atomic mass is 16.2. The first-order chi connectivity index (χ1) is 24.6. The number of hydrogen-bond donors (Lipinski definition) is 0. The highest BCUT2D eigenvalue weighted by Crippen LogP contribution is 2.43. The molecule has 0 N–H and O–H groups in total. The number of carbonyl (C=O) groups excluding carboxylic acids is 2. The van der Waals surface area contributed by atoms with Gasteiger partial charge in [-0.25, -0.2) is 9.74 Å². The summed E-state index contributed by atoms with van der Waals surface area (Å²) in [5, 5.41) is 2.04. The van der Waals surface area contributed by atoms with E-state index in [9.17, 15) is 9.59 Å². The minimum Gasteiger partial charge on any atom is -0.308 e. The average molecular weight is 642 g/mol. The fourth-order valence-corrected chi connectivity index (χ4v) is 7.31. The van der Waals surface area contributed by atoms with E-state index in [2.05, 4.69) is 39.7 Å². The number of imide groups is 1. The molecule has 1 aromatic heterocycles. The number of hydrogen-bond acceptors (Lipinski definition) is 2. The summed E-state index contributed by atoms with van der Waals surface area (Å²) in [6.45, 7) is 7.62. The Hall–Kier alpha value is -7.03. The molecule has 9 rings (SSSR count). The van der Waals surface area contributed by atoms with Crippen molar-refractivity contribution < 1.29 is 9.59 Å². The van der Waals surface area contributed by atoms with Gasteiger partial charge in [0.15, 0.2) is 5.69 Å². The molecular formula is C45H27N3O2. The van der Waals surface area contributed by atoms with Gasteiger partial charge in [0, 0.05) is 21.9 Å². The summed E-state index contributed by atoms with van der Waals surface area (Å²) < 4.78 is 2.11. The van der Waals surface area contributed by atoms with Crippen molar-refractivity contribution in [1.29, 1.82) is 0 Å². The van der Waals surface area contributed by atoms with Crippen LogP contribution in [0.25, 0.3) is 65.7 Å². The molecule has 0 radical (unpaired) electrons. The summed E-state index contributed by atoms with van der Waals surface area (Å²) >= 11 is 0. The van der Waals surface area contributed by atoms with Crippen LogP contribution < -0.4 is 4.90 Å². The van der Waals surface area contributed by atoms with Crippen LogP contribution in [0.5, 0.6) is 0 Å². The van der Waals surface area contributed by atoms with E-state index in [1.165, 1.54) is 4.90 Å². The quantitative estimate of drug-likeness (QED) is 0.139. The third kappa shape index (κ3) is 4.47. The molecule has 0 saturated heterocycles. The predicted molar refractivity (Wildman–Crippen MR) is 201 cm³/mol. The van der Waals surface area contributed by atoms with Crippen LogP contribution in [-0.4, -0.2) is 16.4 Å². The van der Waals surface area contributed by atoms with E-state index in [0.29, 0.717) is 28.2 Å². The minimum atomic E-state index is -0.372. The van der Waals surface area contributed by atoms with E-state index in [0.717, 1.165) is 55.2 Å². The summed E-state index contributed by atoms with van der Waals surface area (Å²) in [6, 6.07) is 53.2. The number of rotatable bonds is 5. The third-order valence-corrected chi connectivity index (χ3v) is 9.54. The fourth-order valence-electron chi connectivity index (χ4n) is 7.31. The number of carbonyl (C=O) groups is 2. The van der Waals surface area contributed by atoms with Crippen LogP contribution in [0.4, 0.5) is 11.4 Å². The van der Waals surface area contributed by atoms with E-state index < -0.39 is 0 Å². The number of anilines is 1. The van der Waals surface area contributed by atoms with E-state index >= 15 is 0 Å². The molecule has 234 valence electrons. The van der Waals surface area contributed by atoms with Gasteiger partial charge in [0.05, 0.1) is 40.1 Å². The highest BCUT2D eigenvalue weighted by Gasteiger charge is 2.40. The van der Waals surface area contributed by atoms with Crippen molar-refractivity contribution in [3.63, 3.8) is 0 Å². The molecule has 0 fully saturated rings. The molecule has 1 aliphatic rings. The van der Waals surface area contributed by atoms with Gasteiger partial charge in [0.1, 0.15) is 0 Å². The molecule has 50 heavy (non-hydrogen) atoms. The topological polar surface area (TPSA) is 46.7 Å². The maximum absolute atomic E-state index is 14.8. The lowest BCUT2D eigenvalue weighted by Gasteiger charge is -2.20. The summed E-state index contributed by atoms with van der Waals surface area (Å²) in [4.78, 5) is 34.3. The molecule has 2 amide bonds. The monoisotopic (exact) mass is 641 g/mol. The van der Waals surface area contributed by atoms with Crippen molar-refractivity contribution in [3.05, 3.63) is 186 Å². The van der Waals surface area contributed by atoms with Crippen molar-refractivity contribution in [1.82, 2.24) is 4.57 Å². The van der Waals surface area contributed by atoms with E-state index in [1.54, 1.807) is 12.1 Å². The van der Waals surface area contributed by atoms with Crippen LogP contribution >= 0.6 is 0 Å². The lowest BCUT2D eigenvalue weighted by Crippen LogP contribution is -2.30. The SMILES string of the molecule is [C-]#[N+]c1cccc(-c2cccc3c4ccccc4n(-c4cccc5c4C(=O)N(c4ccc(-c6ccccc6)cc4-c4ccccc4)C5=O)c23)c1. The Bertz CT molecular complexity index is 2700. The molecule has 1 aliphatic heterocycles. The lowest BCUT2D eigenvalue weighted by molar-refractivity contribution is 0.0926. The third-order valence-electron chi connectivity index (χ3n) is 9.54. The van der Waals surface area contributed by atoms with Crippen LogP contribution in [0, 0.1) is 6.57 Å². The Kier molecular flexibility index (Phi) is 6.75. The van der Waals surface area contributed by atoms with E-state index in [-0.39, 0.29) is 11.8 Å². The van der Waals surface area contributed by atoms with Crippen molar-refractivity contribution in [2.75, 3.05) is 4.90 Å². The molecule has 5 heteroatoms. The number of fused-ring (bicyclic) bond motifs is 4. The van der Waals surface area contributed by atoms with Crippen molar-refractivity contribution in [2.24, 2.45) is 0 Å². The number of aromatic nitrogens is 1. The van der Waals surface area contributed by atoms with Crippen LogP contribution in [-0.2, 0) is 0 Å². The fraction of sp³-hybridized carbons (Fsp3) is 0. The minimum absolute atomic E-state index is 0.357. The van der Waals surface area contributed by atoms with Crippen molar-refractivity contribution >= 4 is 45.0 Å². The zero-order valence-electron chi connectivity index (χ0n) is 26.7. The maximum atomic E-state index is 14.8. The zero-order chi connectivity index (χ0) is 33.8. The molecule has 0 saturated carbocycles. The molecule has 5 nitrogen and oxygen atoms in total. The Labute approximate surface area is 288 Å². The van der Waals surface area contributed by atoms with Crippen LogP contribution in [0.3, 0.4) is 0 Å². The van der Waals surface area contributed by atoms with Gasteiger partial charge in [-0.2, -0.15) is 0 Å². The molecule has 0 bridgehead atoms. The van der Waals surface area contributed by atoms with Gasteiger partial charge in [0.25, 0.3) is 11.8 Å². The second kappa shape index (κ2) is 11.6. The van der Waals surface area contributed by atoms with Crippen molar-refractivity contribution in [2.45, 2.75) is 0 Å². The number of benzene rings is 7. The van der Waals surface area contributed by atoms with Gasteiger partial charge in [-0.3, -0.25) is 9.59 Å². The van der Waals surface area contributed by atoms with Crippen molar-refractivity contribution in [3.8, 4) is 39.1 Å². The number of para-hydroxylation sites is 2. The standard InChI is InChI=1S/C45H27N3O2/c1-46-33-18-10-17-32(27-33)34-20-11-21-36-35-19-8-9-23-39(35)47(43(34)36)41-24-12-22-37-42(41)45(50)48(44(37)49)40-26-25-31(29-13-4-2-5-14-29)28-38(40)30-15-6-3-7-16-30/h2-28H. The van der Waals surface area contributed by atoms with Gasteiger partial charge in [-0.15, -0.1) is 0 Å². The molecule has 0 unspecified atom stereocenters. The van der Waals surface area contributed by atoms with Crippen LogP contribution in [0.15, 0.2) is 164 Å². The molecule has 8 aromatic rings. The Morgan fingerprint density at radius 2 is 1.12 bits per heavy atom. The second-order valence-electron chi connectivity index (χ2n) is 12.3. The first-order valence-corrected chi connectivity index (χ1v) is 16.4. The van der Waals surface area contributed by atoms with Gasteiger partial charge < -0.3 is 4.57 Å². The molecule has 7 aromatic carbocycles. The second-order valence-corrected chi connectivity index (χ2v) is 12.3. The summed E-state index contributed by atoms with van der Waals surface area (Å²) in [7, 11) is 0. The zero-order valence-corrected chi connectivity index (χ0v) is 26.7. The van der Waals surface area contributed by atoms with Crippen LogP contribution in [0.2, 0.25) is 0 Å². The van der Waals surface area contributed by atoms with E-state index in [1.807, 2.05) is 121 Å². The lowest BCUT2D eigenvalue weighted by atomic mass is 9.97. The smallest absolute Gasteiger partial charge is 0.268 e. The largest absolute Gasteiger partial charge is 0.308 e. The Balaban J connectivity index is 1.27. The summed E-state index contributed by atoms with van der Waals surface area (Å²) in [6.07, 6.45) is 0. The predicted octanol–water partition coefficient (Wildman–Crippen LogP) is 11.1. The molecule has 0 aliphatic carbocycles. The summed E-state index contributed by atoms with van der Waals surface area (Å²) in [5.41, 5.74) is 9.81. The molecule has 2 heterocycles. The normalized spacial score (nSPS) is 12.4. The van der Waals surface area contributed by atoms with E-state index in [4.69, 9.17) is 6.57 Å². The van der Waals surface area contributed by atoms with Gasteiger partial charge in [-0.1, -0.05) is 127 Å². The number of nitrogens with zero attached hydrogens (tertiary/aromatic N) is 3. The first-order valence-electron chi connectivity index (χ1n) is 16.4.